The zero-order valence-corrected chi connectivity index (χ0v) is 14.5. The fourth-order valence-corrected chi connectivity index (χ4v) is 3.45. The second-order valence-electron chi connectivity index (χ2n) is 5.76. The molecule has 2 aromatic heterocycles. The zero-order chi connectivity index (χ0) is 16.0. The van der Waals surface area contributed by atoms with E-state index in [1.54, 1.807) is 4.52 Å². The lowest BCUT2D eigenvalue weighted by molar-refractivity contribution is 0.804. The van der Waals surface area contributed by atoms with Gasteiger partial charge in [0.25, 0.3) is 0 Å². The Kier molecular flexibility index (Phi) is 3.87. The van der Waals surface area contributed by atoms with Crippen LogP contribution >= 0.6 is 23.2 Å². The summed E-state index contributed by atoms with van der Waals surface area (Å²) in [5, 5.41) is 5.93. The van der Waals surface area contributed by atoms with E-state index in [-0.39, 0.29) is 0 Å². The van der Waals surface area contributed by atoms with Crippen LogP contribution < -0.4 is 0 Å². The highest BCUT2D eigenvalue weighted by molar-refractivity contribution is 6.31. The molecule has 1 aromatic carbocycles. The van der Waals surface area contributed by atoms with E-state index < -0.39 is 0 Å². The molecule has 0 atom stereocenters. The van der Waals surface area contributed by atoms with Gasteiger partial charge in [-0.2, -0.15) is 5.10 Å². The molecule has 0 bridgehead atoms. The molecule has 114 valence electrons. The van der Waals surface area contributed by atoms with Crippen molar-refractivity contribution in [2.24, 2.45) is 0 Å². The molecule has 0 spiro atoms. The molecule has 3 aromatic rings. The van der Waals surface area contributed by atoms with Gasteiger partial charge >= 0.3 is 0 Å². The summed E-state index contributed by atoms with van der Waals surface area (Å²) in [6.45, 7) is 8.19. The third-order valence-electron chi connectivity index (χ3n) is 3.82. The number of rotatable bonds is 2. The lowest BCUT2D eigenvalue weighted by Gasteiger charge is -2.12. The van der Waals surface area contributed by atoms with Gasteiger partial charge in [0.2, 0.25) is 0 Å². The van der Waals surface area contributed by atoms with E-state index >= 15 is 0 Å². The van der Waals surface area contributed by atoms with Crippen LogP contribution in [0.4, 0.5) is 0 Å². The van der Waals surface area contributed by atoms with Gasteiger partial charge in [-0.1, -0.05) is 49.2 Å². The predicted octanol–water partition coefficient (Wildman–Crippen LogP) is 5.44. The lowest BCUT2D eigenvalue weighted by atomic mass is 10.0. The summed E-state index contributed by atoms with van der Waals surface area (Å²) in [6.07, 6.45) is 0. The smallest absolute Gasteiger partial charge is 0.165 e. The number of fused-ring (bicyclic) bond motifs is 1. The Morgan fingerprint density at radius 2 is 1.64 bits per heavy atom. The molecule has 0 N–H and O–H groups in total. The zero-order valence-electron chi connectivity index (χ0n) is 13.0. The first kappa shape index (κ1) is 15.3. The first-order valence-corrected chi connectivity index (χ1v) is 7.97. The number of nitrogens with zero attached hydrogens (tertiary/aromatic N) is 3. The minimum atomic E-state index is 0.299. The highest BCUT2D eigenvalue weighted by Crippen LogP contribution is 2.33. The monoisotopic (exact) mass is 333 g/mol. The highest BCUT2D eigenvalue weighted by Gasteiger charge is 2.20. The average Bonchev–Trinajstić information content (AvgIpc) is 2.76. The van der Waals surface area contributed by atoms with Gasteiger partial charge in [-0.3, -0.25) is 0 Å². The molecule has 0 radical (unpaired) electrons. The molecule has 3 rings (SSSR count). The molecule has 0 amide bonds. The van der Waals surface area contributed by atoms with E-state index in [4.69, 9.17) is 28.2 Å². The number of hydrogen-bond acceptors (Lipinski definition) is 2. The molecule has 0 aliphatic carbocycles. The van der Waals surface area contributed by atoms with E-state index in [2.05, 4.69) is 18.9 Å². The van der Waals surface area contributed by atoms with Crippen LogP contribution in [-0.2, 0) is 0 Å². The fraction of sp³-hybridized carbons (Fsp3) is 0.294. The lowest BCUT2D eigenvalue weighted by Crippen LogP contribution is -2.04. The van der Waals surface area contributed by atoms with Crippen molar-refractivity contribution in [3.8, 4) is 11.1 Å². The van der Waals surface area contributed by atoms with Gasteiger partial charge in [0.15, 0.2) is 5.65 Å². The normalized spacial score (nSPS) is 11.6. The maximum absolute atomic E-state index is 6.58. The van der Waals surface area contributed by atoms with Crippen LogP contribution in [0.15, 0.2) is 24.3 Å². The molecular weight excluding hydrogens is 317 g/mol. The molecule has 0 aliphatic heterocycles. The van der Waals surface area contributed by atoms with E-state index in [0.29, 0.717) is 16.1 Å². The number of hydrogen-bond donors (Lipinski definition) is 0. The Morgan fingerprint density at radius 3 is 2.23 bits per heavy atom. The Hall–Kier alpha value is -1.58. The Balaban J connectivity index is 2.33. The maximum atomic E-state index is 6.58. The molecule has 5 heteroatoms. The van der Waals surface area contributed by atoms with Gasteiger partial charge < -0.3 is 0 Å². The summed E-state index contributed by atoms with van der Waals surface area (Å²) in [5.41, 5.74) is 5.71. The molecule has 0 aliphatic rings. The first-order valence-electron chi connectivity index (χ1n) is 7.21. The van der Waals surface area contributed by atoms with Crippen molar-refractivity contribution in [3.63, 3.8) is 0 Å². The van der Waals surface area contributed by atoms with Crippen LogP contribution in [-0.4, -0.2) is 14.6 Å². The van der Waals surface area contributed by atoms with Crippen LogP contribution in [0.5, 0.6) is 0 Å². The standard InChI is InChI=1S/C17H17Cl2N3/c1-9(2)14-10(3)20-17-15(11(4)21-22(17)16(14)19)12-5-7-13(18)8-6-12/h5-9H,1-4H3. The number of aromatic nitrogens is 3. The van der Waals surface area contributed by atoms with Crippen molar-refractivity contribution in [1.82, 2.24) is 14.6 Å². The quantitative estimate of drug-likeness (QED) is 0.584. The highest BCUT2D eigenvalue weighted by atomic mass is 35.5. The average molecular weight is 334 g/mol. The maximum Gasteiger partial charge on any atom is 0.165 e. The minimum absolute atomic E-state index is 0.299. The van der Waals surface area contributed by atoms with Crippen molar-refractivity contribution < 1.29 is 0 Å². The van der Waals surface area contributed by atoms with E-state index in [9.17, 15) is 0 Å². The van der Waals surface area contributed by atoms with Crippen molar-refractivity contribution in [1.29, 1.82) is 0 Å². The molecule has 0 unspecified atom stereocenters. The van der Waals surface area contributed by atoms with Gasteiger partial charge in [-0.05, 0) is 37.5 Å². The third-order valence-corrected chi connectivity index (χ3v) is 4.43. The van der Waals surface area contributed by atoms with Crippen molar-refractivity contribution >= 4 is 28.8 Å². The summed E-state index contributed by atoms with van der Waals surface area (Å²) in [7, 11) is 0. The Bertz CT molecular complexity index is 849. The second-order valence-corrected chi connectivity index (χ2v) is 6.55. The van der Waals surface area contributed by atoms with Gasteiger partial charge in [-0.25, -0.2) is 9.50 Å². The summed E-state index contributed by atoms with van der Waals surface area (Å²) in [6, 6.07) is 7.70. The van der Waals surface area contributed by atoms with Gasteiger partial charge in [0.05, 0.1) is 5.69 Å². The van der Waals surface area contributed by atoms with Crippen LogP contribution in [0.2, 0.25) is 10.2 Å². The largest absolute Gasteiger partial charge is 0.233 e. The van der Waals surface area contributed by atoms with Gasteiger partial charge in [0.1, 0.15) is 5.15 Å². The number of benzene rings is 1. The van der Waals surface area contributed by atoms with Crippen LogP contribution in [0, 0.1) is 13.8 Å². The van der Waals surface area contributed by atoms with Crippen molar-refractivity contribution in [2.75, 3.05) is 0 Å². The molecule has 22 heavy (non-hydrogen) atoms. The molecule has 2 heterocycles. The Labute approximate surface area is 139 Å². The number of halogens is 2. The number of aryl methyl sites for hydroxylation is 2. The van der Waals surface area contributed by atoms with E-state index in [0.717, 1.165) is 33.7 Å². The SMILES string of the molecule is Cc1nc2c(-c3ccc(Cl)cc3)c(C)nn2c(Cl)c1C(C)C. The van der Waals surface area contributed by atoms with E-state index in [1.807, 2.05) is 38.1 Å². The minimum Gasteiger partial charge on any atom is -0.233 e. The topological polar surface area (TPSA) is 30.2 Å². The predicted molar refractivity (Wildman–Crippen MR) is 92.0 cm³/mol. The van der Waals surface area contributed by atoms with Crippen molar-refractivity contribution in [2.45, 2.75) is 33.6 Å². The van der Waals surface area contributed by atoms with Crippen LogP contribution in [0.1, 0.15) is 36.7 Å². The van der Waals surface area contributed by atoms with Crippen LogP contribution in [0.25, 0.3) is 16.8 Å². The van der Waals surface area contributed by atoms with Crippen LogP contribution in [0.3, 0.4) is 0 Å². The Morgan fingerprint density at radius 1 is 1.00 bits per heavy atom. The molecular formula is C17H17Cl2N3. The summed E-state index contributed by atoms with van der Waals surface area (Å²) in [4.78, 5) is 4.76. The molecule has 3 nitrogen and oxygen atoms in total. The van der Waals surface area contributed by atoms with Gasteiger partial charge in [0, 0.05) is 21.8 Å². The summed E-state index contributed by atoms with van der Waals surface area (Å²) >= 11 is 12.6. The fourth-order valence-electron chi connectivity index (χ4n) is 2.85. The molecule has 0 fully saturated rings. The summed E-state index contributed by atoms with van der Waals surface area (Å²) in [5.74, 6) is 0.299. The first-order chi connectivity index (χ1) is 10.4. The summed E-state index contributed by atoms with van der Waals surface area (Å²) < 4.78 is 1.74. The van der Waals surface area contributed by atoms with Crippen molar-refractivity contribution in [3.05, 3.63) is 51.4 Å². The molecule has 0 saturated heterocycles. The third kappa shape index (κ3) is 2.38. The van der Waals surface area contributed by atoms with Gasteiger partial charge in [-0.15, -0.1) is 0 Å². The van der Waals surface area contributed by atoms with E-state index in [1.165, 1.54) is 0 Å². The molecule has 0 saturated carbocycles. The second kappa shape index (κ2) is 5.56.